The van der Waals surface area contributed by atoms with Gasteiger partial charge in [-0.25, -0.2) is 0 Å². The summed E-state index contributed by atoms with van der Waals surface area (Å²) in [6, 6.07) is 0. The Kier molecular flexibility index (Phi) is 10.9. The smallest absolute Gasteiger partial charge is 0.136 e. The van der Waals surface area contributed by atoms with Gasteiger partial charge in [0, 0.05) is 18.9 Å². The molecular weight excluding hydrogens is 198 g/mol. The van der Waals surface area contributed by atoms with Gasteiger partial charge >= 0.3 is 0 Å². The predicted octanol–water partition coefficient (Wildman–Crippen LogP) is 3.68. The van der Waals surface area contributed by atoms with Crippen LogP contribution in [0.1, 0.15) is 71.6 Å². The fraction of sp³-hybridized carbons (Fsp3) is 0.929. The van der Waals surface area contributed by atoms with E-state index < -0.39 is 0 Å². The summed E-state index contributed by atoms with van der Waals surface area (Å²) in [6.07, 6.45) is 11.0. The standard InChI is InChI=1S/C14H29NO/c1-3-4-5-6-7-8-9-10-11-14(16)13(2)12-15/h13H,3-12,15H2,1-2H3. The van der Waals surface area contributed by atoms with E-state index in [1.807, 2.05) is 6.92 Å². The summed E-state index contributed by atoms with van der Waals surface area (Å²) >= 11 is 0. The van der Waals surface area contributed by atoms with Crippen LogP contribution in [0.2, 0.25) is 0 Å². The third kappa shape index (κ3) is 8.90. The number of ketones is 1. The first-order valence-corrected chi connectivity index (χ1v) is 6.95. The highest BCUT2D eigenvalue weighted by molar-refractivity contribution is 5.80. The van der Waals surface area contributed by atoms with Crippen LogP contribution in [0.15, 0.2) is 0 Å². The average molecular weight is 227 g/mol. The zero-order valence-corrected chi connectivity index (χ0v) is 11.1. The highest BCUT2D eigenvalue weighted by Crippen LogP contribution is 2.11. The van der Waals surface area contributed by atoms with Crippen LogP contribution in [0.3, 0.4) is 0 Å². The lowest BCUT2D eigenvalue weighted by Gasteiger charge is -2.06. The van der Waals surface area contributed by atoms with Crippen molar-refractivity contribution in [2.75, 3.05) is 6.54 Å². The largest absolute Gasteiger partial charge is 0.330 e. The molecule has 0 aliphatic heterocycles. The number of carbonyl (C=O) groups excluding carboxylic acids is 1. The topological polar surface area (TPSA) is 43.1 Å². The van der Waals surface area contributed by atoms with Crippen molar-refractivity contribution >= 4 is 5.78 Å². The molecule has 0 heterocycles. The van der Waals surface area contributed by atoms with Crippen LogP contribution in [0.5, 0.6) is 0 Å². The Labute approximate surface area is 101 Å². The molecule has 0 aromatic rings. The molecule has 0 saturated heterocycles. The molecule has 0 saturated carbocycles. The molecule has 0 spiro atoms. The molecule has 0 aliphatic carbocycles. The zero-order valence-electron chi connectivity index (χ0n) is 11.1. The summed E-state index contributed by atoms with van der Waals surface area (Å²) in [4.78, 5) is 11.5. The second-order valence-electron chi connectivity index (χ2n) is 4.83. The zero-order chi connectivity index (χ0) is 12.2. The maximum absolute atomic E-state index is 11.5. The van der Waals surface area contributed by atoms with E-state index in [4.69, 9.17) is 5.73 Å². The molecule has 0 bridgehead atoms. The summed E-state index contributed by atoms with van der Waals surface area (Å²) in [5.41, 5.74) is 5.45. The van der Waals surface area contributed by atoms with Crippen molar-refractivity contribution in [3.63, 3.8) is 0 Å². The molecule has 0 radical (unpaired) electrons. The van der Waals surface area contributed by atoms with Gasteiger partial charge in [0.2, 0.25) is 0 Å². The lowest BCUT2D eigenvalue weighted by molar-refractivity contribution is -0.122. The molecule has 0 aromatic carbocycles. The molecule has 0 fully saturated rings. The number of unbranched alkanes of at least 4 members (excludes halogenated alkanes) is 7. The highest BCUT2D eigenvalue weighted by atomic mass is 16.1. The van der Waals surface area contributed by atoms with Crippen LogP contribution in [-0.4, -0.2) is 12.3 Å². The Morgan fingerprint density at radius 3 is 2.00 bits per heavy atom. The van der Waals surface area contributed by atoms with Crippen LogP contribution >= 0.6 is 0 Å². The molecule has 0 aliphatic rings. The summed E-state index contributed by atoms with van der Waals surface area (Å²) in [5.74, 6) is 0.401. The maximum Gasteiger partial charge on any atom is 0.136 e. The molecule has 0 amide bonds. The van der Waals surface area contributed by atoms with Gasteiger partial charge < -0.3 is 5.73 Å². The number of hydrogen-bond donors (Lipinski definition) is 1. The molecule has 1 unspecified atom stereocenters. The normalized spacial score (nSPS) is 12.7. The van der Waals surface area contributed by atoms with Gasteiger partial charge in [0.15, 0.2) is 0 Å². The van der Waals surface area contributed by atoms with Gasteiger partial charge in [0.1, 0.15) is 5.78 Å². The average Bonchev–Trinajstić information content (AvgIpc) is 2.31. The summed E-state index contributed by atoms with van der Waals surface area (Å²) in [6.45, 7) is 4.66. The van der Waals surface area contributed by atoms with E-state index in [9.17, 15) is 4.79 Å². The van der Waals surface area contributed by atoms with Gasteiger partial charge in [0.05, 0.1) is 0 Å². The molecule has 96 valence electrons. The molecule has 0 rings (SSSR count). The minimum Gasteiger partial charge on any atom is -0.330 e. The number of carbonyl (C=O) groups is 1. The number of hydrogen-bond acceptors (Lipinski definition) is 2. The van der Waals surface area contributed by atoms with Crippen molar-refractivity contribution < 1.29 is 4.79 Å². The minimum atomic E-state index is 0.0598. The van der Waals surface area contributed by atoms with Crippen molar-refractivity contribution in [3.8, 4) is 0 Å². The van der Waals surface area contributed by atoms with Crippen molar-refractivity contribution in [1.29, 1.82) is 0 Å². The van der Waals surface area contributed by atoms with Crippen molar-refractivity contribution in [2.24, 2.45) is 11.7 Å². The van der Waals surface area contributed by atoms with Gasteiger partial charge in [0.25, 0.3) is 0 Å². The van der Waals surface area contributed by atoms with Crippen LogP contribution in [-0.2, 0) is 4.79 Å². The van der Waals surface area contributed by atoms with Crippen LogP contribution < -0.4 is 5.73 Å². The quantitative estimate of drug-likeness (QED) is 0.547. The van der Waals surface area contributed by atoms with E-state index in [1.165, 1.54) is 44.9 Å². The first-order chi connectivity index (χ1) is 7.72. The second kappa shape index (κ2) is 11.1. The Bertz CT molecular complexity index is 168. The first-order valence-electron chi connectivity index (χ1n) is 6.95. The van der Waals surface area contributed by atoms with E-state index >= 15 is 0 Å². The summed E-state index contributed by atoms with van der Waals surface area (Å²) < 4.78 is 0. The van der Waals surface area contributed by atoms with E-state index in [2.05, 4.69) is 6.92 Å². The predicted molar refractivity (Wildman–Crippen MR) is 70.5 cm³/mol. The van der Waals surface area contributed by atoms with Crippen LogP contribution in [0.25, 0.3) is 0 Å². The van der Waals surface area contributed by atoms with Crippen molar-refractivity contribution in [1.82, 2.24) is 0 Å². The van der Waals surface area contributed by atoms with Gasteiger partial charge in [-0.1, -0.05) is 58.8 Å². The van der Waals surface area contributed by atoms with E-state index in [0.29, 0.717) is 12.3 Å². The molecule has 1 atom stereocenters. The third-order valence-electron chi connectivity index (χ3n) is 3.18. The molecule has 2 N–H and O–H groups in total. The van der Waals surface area contributed by atoms with Gasteiger partial charge in [-0.15, -0.1) is 0 Å². The summed E-state index contributed by atoms with van der Waals surface area (Å²) in [5, 5.41) is 0. The first kappa shape index (κ1) is 15.6. The Hall–Kier alpha value is -0.370. The molecule has 2 heteroatoms. The fourth-order valence-electron chi connectivity index (χ4n) is 1.81. The van der Waals surface area contributed by atoms with E-state index in [-0.39, 0.29) is 5.92 Å². The molecule has 0 aromatic heterocycles. The second-order valence-corrected chi connectivity index (χ2v) is 4.83. The maximum atomic E-state index is 11.5. The van der Waals surface area contributed by atoms with Gasteiger partial charge in [-0.3, -0.25) is 4.79 Å². The van der Waals surface area contributed by atoms with Crippen LogP contribution in [0.4, 0.5) is 0 Å². The third-order valence-corrected chi connectivity index (χ3v) is 3.18. The summed E-state index contributed by atoms with van der Waals surface area (Å²) in [7, 11) is 0. The fourth-order valence-corrected chi connectivity index (χ4v) is 1.81. The van der Waals surface area contributed by atoms with Crippen LogP contribution in [0, 0.1) is 5.92 Å². The molecular formula is C14H29NO. The minimum absolute atomic E-state index is 0.0598. The Morgan fingerprint density at radius 1 is 1.00 bits per heavy atom. The van der Waals surface area contributed by atoms with E-state index in [0.717, 1.165) is 12.8 Å². The number of Topliss-reactive ketones (excluding diaryl/α,β-unsaturated/α-hetero) is 1. The number of rotatable bonds is 11. The van der Waals surface area contributed by atoms with Gasteiger partial charge in [-0.05, 0) is 6.42 Å². The van der Waals surface area contributed by atoms with Crippen molar-refractivity contribution in [2.45, 2.75) is 71.6 Å². The monoisotopic (exact) mass is 227 g/mol. The molecule has 16 heavy (non-hydrogen) atoms. The van der Waals surface area contributed by atoms with Crippen molar-refractivity contribution in [3.05, 3.63) is 0 Å². The lowest BCUT2D eigenvalue weighted by Crippen LogP contribution is -2.20. The van der Waals surface area contributed by atoms with E-state index in [1.54, 1.807) is 0 Å². The lowest BCUT2D eigenvalue weighted by atomic mass is 10.00. The SMILES string of the molecule is CCCCCCCCCCC(=O)C(C)CN. The Morgan fingerprint density at radius 2 is 1.50 bits per heavy atom. The number of nitrogens with two attached hydrogens (primary N) is 1. The Balaban J connectivity index is 3.18. The highest BCUT2D eigenvalue weighted by Gasteiger charge is 2.09. The molecule has 2 nitrogen and oxygen atoms in total. The van der Waals surface area contributed by atoms with Gasteiger partial charge in [-0.2, -0.15) is 0 Å².